The summed E-state index contributed by atoms with van der Waals surface area (Å²) in [5, 5.41) is 22.0. The van der Waals surface area contributed by atoms with E-state index in [1.165, 1.54) is 0 Å². The van der Waals surface area contributed by atoms with Crippen molar-refractivity contribution in [1.82, 2.24) is 5.32 Å². The molecule has 1 saturated carbocycles. The lowest BCUT2D eigenvalue weighted by atomic mass is 9.80. The maximum absolute atomic E-state index is 12.4. The number of para-hydroxylation sites is 2. The van der Waals surface area contributed by atoms with E-state index in [0.29, 0.717) is 35.5 Å². The average Bonchev–Trinajstić information content (AvgIpc) is 2.59. The van der Waals surface area contributed by atoms with Crippen molar-refractivity contribution in [2.75, 3.05) is 6.54 Å². The first-order valence-corrected chi connectivity index (χ1v) is 7.88. The molecule has 2 N–H and O–H groups in total. The van der Waals surface area contributed by atoms with Gasteiger partial charge < -0.3 is 15.2 Å². The van der Waals surface area contributed by atoms with Crippen LogP contribution in [0.4, 0.5) is 0 Å². The molecule has 0 bridgehead atoms. The Morgan fingerprint density at radius 3 is 2.50 bits per heavy atom. The number of aliphatic hydroxyl groups is 1. The number of carbonyl (C=O) groups is 1. The van der Waals surface area contributed by atoms with Crippen LogP contribution in [0.5, 0.6) is 11.5 Å². The molecule has 1 aliphatic carbocycles. The summed E-state index contributed by atoms with van der Waals surface area (Å²) in [5.74, 6) is 0.469. The first kappa shape index (κ1) is 16.0. The fraction of sp³-hybridized carbons (Fsp3) is 0.263. The van der Waals surface area contributed by atoms with E-state index in [4.69, 9.17) is 10.00 Å². The molecule has 5 nitrogen and oxygen atoms in total. The van der Waals surface area contributed by atoms with Crippen LogP contribution in [0.1, 0.15) is 35.2 Å². The molecule has 24 heavy (non-hydrogen) atoms. The van der Waals surface area contributed by atoms with Gasteiger partial charge in [-0.25, -0.2) is 0 Å². The smallest absolute Gasteiger partial charge is 0.255 e. The Kier molecular flexibility index (Phi) is 4.50. The van der Waals surface area contributed by atoms with Crippen LogP contribution in [-0.4, -0.2) is 23.2 Å². The second-order valence-electron chi connectivity index (χ2n) is 5.97. The molecule has 0 radical (unpaired) electrons. The predicted octanol–water partition coefficient (Wildman–Crippen LogP) is 3.00. The van der Waals surface area contributed by atoms with Crippen molar-refractivity contribution in [3.05, 3.63) is 59.7 Å². The Morgan fingerprint density at radius 1 is 1.17 bits per heavy atom. The molecule has 0 heterocycles. The minimum absolute atomic E-state index is 0.231. The molecule has 2 aromatic rings. The number of benzene rings is 2. The minimum atomic E-state index is -0.779. The van der Waals surface area contributed by atoms with Gasteiger partial charge in [-0.3, -0.25) is 4.79 Å². The van der Waals surface area contributed by atoms with Crippen LogP contribution in [0.2, 0.25) is 0 Å². The van der Waals surface area contributed by atoms with Crippen molar-refractivity contribution >= 4 is 5.91 Å². The molecule has 1 fully saturated rings. The number of amides is 1. The summed E-state index contributed by atoms with van der Waals surface area (Å²) in [6, 6.07) is 15.8. The quantitative estimate of drug-likeness (QED) is 0.886. The number of carbonyl (C=O) groups excluding carboxylic acids is 1. The molecule has 1 aliphatic rings. The van der Waals surface area contributed by atoms with E-state index >= 15 is 0 Å². The lowest BCUT2D eigenvalue weighted by Crippen LogP contribution is -2.47. The Balaban J connectivity index is 1.77. The van der Waals surface area contributed by atoms with Crippen LogP contribution in [0, 0.1) is 11.3 Å². The highest BCUT2D eigenvalue weighted by molar-refractivity contribution is 5.97. The summed E-state index contributed by atoms with van der Waals surface area (Å²) in [7, 11) is 0. The van der Waals surface area contributed by atoms with Crippen molar-refractivity contribution < 1.29 is 14.6 Å². The number of nitrogens with zero attached hydrogens (tertiary/aromatic N) is 1. The molecule has 5 heteroatoms. The molecular formula is C19H18N2O3. The Bertz CT molecular complexity index is 791. The molecule has 2 aromatic carbocycles. The van der Waals surface area contributed by atoms with Crippen LogP contribution in [0.15, 0.2) is 48.5 Å². The molecule has 0 spiro atoms. The van der Waals surface area contributed by atoms with E-state index in [9.17, 15) is 9.90 Å². The van der Waals surface area contributed by atoms with Crippen LogP contribution in [0.25, 0.3) is 0 Å². The lowest BCUT2D eigenvalue weighted by Gasteiger charge is -2.36. The van der Waals surface area contributed by atoms with Crippen molar-refractivity contribution in [2.24, 2.45) is 0 Å². The monoisotopic (exact) mass is 322 g/mol. The third-order valence-corrected chi connectivity index (χ3v) is 4.22. The summed E-state index contributed by atoms with van der Waals surface area (Å²) >= 11 is 0. The number of rotatable bonds is 5. The maximum atomic E-state index is 12.4. The van der Waals surface area contributed by atoms with E-state index in [1.54, 1.807) is 48.5 Å². The van der Waals surface area contributed by atoms with Crippen molar-refractivity contribution in [3.8, 4) is 17.6 Å². The van der Waals surface area contributed by atoms with Gasteiger partial charge in [0, 0.05) is 6.54 Å². The minimum Gasteiger partial charge on any atom is -0.455 e. The molecule has 122 valence electrons. The van der Waals surface area contributed by atoms with Crippen LogP contribution >= 0.6 is 0 Å². The summed E-state index contributed by atoms with van der Waals surface area (Å²) in [6.07, 6.45) is 2.40. The topological polar surface area (TPSA) is 82.3 Å². The normalized spacial score (nSPS) is 15.0. The maximum Gasteiger partial charge on any atom is 0.255 e. The van der Waals surface area contributed by atoms with Gasteiger partial charge in [0.25, 0.3) is 5.91 Å². The third-order valence-electron chi connectivity index (χ3n) is 4.22. The first-order chi connectivity index (χ1) is 11.6. The number of nitrogens with one attached hydrogen (secondary N) is 1. The van der Waals surface area contributed by atoms with Crippen molar-refractivity contribution in [1.29, 1.82) is 5.26 Å². The molecule has 3 rings (SSSR count). The van der Waals surface area contributed by atoms with Crippen molar-refractivity contribution in [2.45, 2.75) is 24.9 Å². The summed E-state index contributed by atoms with van der Waals surface area (Å²) in [4.78, 5) is 12.4. The van der Waals surface area contributed by atoms with Gasteiger partial charge in [-0.2, -0.15) is 5.26 Å². The first-order valence-electron chi connectivity index (χ1n) is 7.88. The van der Waals surface area contributed by atoms with E-state index in [1.807, 2.05) is 0 Å². The Hall–Kier alpha value is -2.84. The highest BCUT2D eigenvalue weighted by atomic mass is 16.5. The zero-order valence-corrected chi connectivity index (χ0v) is 13.2. The standard InChI is InChI=1S/C19H18N2O3/c20-12-14-6-1-3-8-16(14)24-17-9-4-2-7-15(17)18(22)21-13-19(23)10-5-11-19/h1-4,6-9,23H,5,10-11,13H2,(H,21,22). The predicted molar refractivity (Wildman–Crippen MR) is 88.8 cm³/mol. The highest BCUT2D eigenvalue weighted by Crippen LogP contribution is 2.31. The molecule has 1 amide bonds. The van der Waals surface area contributed by atoms with E-state index in [0.717, 1.165) is 6.42 Å². The van der Waals surface area contributed by atoms with Gasteiger partial charge >= 0.3 is 0 Å². The van der Waals surface area contributed by atoms with Crippen LogP contribution in [-0.2, 0) is 0 Å². The molecule has 0 saturated heterocycles. The number of ether oxygens (including phenoxy) is 1. The van der Waals surface area contributed by atoms with E-state index < -0.39 is 5.60 Å². The van der Waals surface area contributed by atoms with Gasteiger partial charge in [0.2, 0.25) is 0 Å². The van der Waals surface area contributed by atoms with Gasteiger partial charge in [0.05, 0.1) is 16.7 Å². The number of hydrogen-bond donors (Lipinski definition) is 2. The third kappa shape index (κ3) is 3.39. The average molecular weight is 322 g/mol. The Labute approximate surface area is 140 Å². The molecule has 0 atom stereocenters. The fourth-order valence-electron chi connectivity index (χ4n) is 2.61. The van der Waals surface area contributed by atoms with Crippen LogP contribution < -0.4 is 10.1 Å². The highest BCUT2D eigenvalue weighted by Gasteiger charge is 2.34. The second-order valence-corrected chi connectivity index (χ2v) is 5.97. The van der Waals surface area contributed by atoms with Gasteiger partial charge in [-0.05, 0) is 43.5 Å². The van der Waals surface area contributed by atoms with Gasteiger partial charge in [-0.15, -0.1) is 0 Å². The van der Waals surface area contributed by atoms with Gasteiger partial charge in [0.1, 0.15) is 17.6 Å². The Morgan fingerprint density at radius 2 is 1.83 bits per heavy atom. The summed E-state index contributed by atoms with van der Waals surface area (Å²) in [5.41, 5.74) is -0.0107. The van der Waals surface area contributed by atoms with Gasteiger partial charge in [0.15, 0.2) is 0 Å². The number of nitriles is 1. The molecule has 0 aromatic heterocycles. The molecular weight excluding hydrogens is 304 g/mol. The van der Waals surface area contributed by atoms with E-state index in [2.05, 4.69) is 11.4 Å². The van der Waals surface area contributed by atoms with E-state index in [-0.39, 0.29) is 12.5 Å². The lowest BCUT2D eigenvalue weighted by molar-refractivity contribution is -0.0300. The SMILES string of the molecule is N#Cc1ccccc1Oc1ccccc1C(=O)NCC1(O)CCC1. The summed E-state index contributed by atoms with van der Waals surface area (Å²) in [6.45, 7) is 0.231. The fourth-order valence-corrected chi connectivity index (χ4v) is 2.61. The zero-order chi connectivity index (χ0) is 17.0. The van der Waals surface area contributed by atoms with Crippen LogP contribution in [0.3, 0.4) is 0 Å². The second kappa shape index (κ2) is 6.73. The largest absolute Gasteiger partial charge is 0.455 e. The zero-order valence-electron chi connectivity index (χ0n) is 13.2. The van der Waals surface area contributed by atoms with Crippen molar-refractivity contribution in [3.63, 3.8) is 0 Å². The van der Waals surface area contributed by atoms with Gasteiger partial charge in [-0.1, -0.05) is 24.3 Å². The number of hydrogen-bond acceptors (Lipinski definition) is 4. The molecule has 0 unspecified atom stereocenters. The summed E-state index contributed by atoms with van der Waals surface area (Å²) < 4.78 is 5.78. The molecule has 0 aliphatic heterocycles.